The summed E-state index contributed by atoms with van der Waals surface area (Å²) in [5, 5.41) is 0. The van der Waals surface area contributed by atoms with Crippen LogP contribution in [0.1, 0.15) is 55.8 Å². The average molecular weight is 292 g/mol. The maximum atomic E-state index is 13.3. The van der Waals surface area contributed by atoms with Crippen LogP contribution in [0.5, 0.6) is 5.75 Å². The van der Waals surface area contributed by atoms with Gasteiger partial charge in [0.1, 0.15) is 17.7 Å². The molecule has 4 heteroatoms. The predicted octanol–water partition coefficient (Wildman–Crippen LogP) is 3.90. The van der Waals surface area contributed by atoms with Gasteiger partial charge in [0.25, 0.3) is 0 Å². The molecule has 1 aliphatic heterocycles. The molecule has 0 bridgehead atoms. The zero-order chi connectivity index (χ0) is 14.9. The van der Waals surface area contributed by atoms with Gasteiger partial charge >= 0.3 is 0 Å². The molecule has 1 aliphatic carbocycles. The molecule has 1 atom stereocenters. The summed E-state index contributed by atoms with van der Waals surface area (Å²) < 4.78 is 25.3. The Morgan fingerprint density at radius 3 is 2.86 bits per heavy atom. The number of ether oxygens (including phenoxy) is 2. The van der Waals surface area contributed by atoms with Crippen LogP contribution in [-0.2, 0) is 4.74 Å². The van der Waals surface area contributed by atoms with E-state index in [0.29, 0.717) is 17.9 Å². The highest BCUT2D eigenvalue weighted by Crippen LogP contribution is 2.41. The van der Waals surface area contributed by atoms with Gasteiger partial charge < -0.3 is 9.47 Å². The number of halogens is 1. The van der Waals surface area contributed by atoms with Crippen molar-refractivity contribution < 1.29 is 18.7 Å². The topological polar surface area (TPSA) is 35.5 Å². The summed E-state index contributed by atoms with van der Waals surface area (Å²) in [5.74, 6) is -0.0946. The van der Waals surface area contributed by atoms with Crippen LogP contribution in [0.15, 0.2) is 18.2 Å². The molecule has 1 saturated carbocycles. The molecule has 1 aromatic rings. The second kappa shape index (κ2) is 5.76. The van der Waals surface area contributed by atoms with E-state index in [1.807, 2.05) is 0 Å². The highest BCUT2D eigenvalue weighted by molar-refractivity contribution is 5.96. The third-order valence-electron chi connectivity index (χ3n) is 4.58. The van der Waals surface area contributed by atoms with Crippen LogP contribution in [0.25, 0.3) is 0 Å². The van der Waals surface area contributed by atoms with Crippen molar-refractivity contribution in [3.8, 4) is 5.75 Å². The van der Waals surface area contributed by atoms with Crippen LogP contribution in [0, 0.1) is 5.82 Å². The molecular weight excluding hydrogens is 271 g/mol. The van der Waals surface area contributed by atoms with Gasteiger partial charge in [-0.25, -0.2) is 4.39 Å². The van der Waals surface area contributed by atoms with E-state index in [2.05, 4.69) is 0 Å². The Kier molecular flexibility index (Phi) is 3.98. The molecule has 1 unspecified atom stereocenters. The van der Waals surface area contributed by atoms with Crippen LogP contribution < -0.4 is 4.74 Å². The molecule has 0 radical (unpaired) electrons. The predicted molar refractivity (Wildman–Crippen MR) is 77.2 cm³/mol. The summed E-state index contributed by atoms with van der Waals surface area (Å²) in [5.41, 5.74) is 0.293. The Morgan fingerprint density at radius 1 is 1.38 bits per heavy atom. The first kappa shape index (κ1) is 14.5. The molecule has 114 valence electrons. The van der Waals surface area contributed by atoms with Gasteiger partial charge in [-0.15, -0.1) is 0 Å². The van der Waals surface area contributed by atoms with Crippen LogP contribution in [0.4, 0.5) is 4.39 Å². The van der Waals surface area contributed by atoms with Gasteiger partial charge in [-0.1, -0.05) is 12.8 Å². The monoisotopic (exact) mass is 292 g/mol. The fourth-order valence-electron chi connectivity index (χ4n) is 3.51. The van der Waals surface area contributed by atoms with Gasteiger partial charge in [0.15, 0.2) is 5.78 Å². The second-order valence-corrected chi connectivity index (χ2v) is 6.17. The van der Waals surface area contributed by atoms with Crippen molar-refractivity contribution in [2.75, 3.05) is 6.61 Å². The van der Waals surface area contributed by atoms with E-state index in [-0.39, 0.29) is 17.5 Å². The minimum atomic E-state index is -0.410. The summed E-state index contributed by atoms with van der Waals surface area (Å²) in [6, 6.07) is 4.15. The molecular formula is C17H21FO3. The fraction of sp³-hybridized carbons (Fsp3) is 0.588. The molecule has 1 aromatic carbocycles. The molecule has 3 nitrogen and oxygen atoms in total. The first-order chi connectivity index (χ1) is 10.1. The maximum absolute atomic E-state index is 13.3. The lowest BCUT2D eigenvalue weighted by Gasteiger charge is -2.38. The molecule has 1 heterocycles. The zero-order valence-corrected chi connectivity index (χ0v) is 12.4. The second-order valence-electron chi connectivity index (χ2n) is 6.17. The zero-order valence-electron chi connectivity index (χ0n) is 12.4. The number of hydrogen-bond acceptors (Lipinski definition) is 3. The van der Waals surface area contributed by atoms with Crippen LogP contribution in [0.3, 0.4) is 0 Å². The highest BCUT2D eigenvalue weighted by Gasteiger charge is 2.40. The lowest BCUT2D eigenvalue weighted by molar-refractivity contribution is -0.108. The van der Waals surface area contributed by atoms with Gasteiger partial charge in [0.05, 0.1) is 17.8 Å². The summed E-state index contributed by atoms with van der Waals surface area (Å²) in [6.45, 7) is 2.13. The first-order valence-corrected chi connectivity index (χ1v) is 7.69. The van der Waals surface area contributed by atoms with Crippen molar-refractivity contribution in [3.05, 3.63) is 29.6 Å². The van der Waals surface area contributed by atoms with Gasteiger partial charge in [0.2, 0.25) is 0 Å². The summed E-state index contributed by atoms with van der Waals surface area (Å²) in [4.78, 5) is 11.6. The van der Waals surface area contributed by atoms with E-state index in [1.54, 1.807) is 6.07 Å². The number of Topliss-reactive ketones (excluding diaryl/α,β-unsaturated/α-hetero) is 1. The van der Waals surface area contributed by atoms with Crippen LogP contribution >= 0.6 is 0 Å². The lowest BCUT2D eigenvalue weighted by atomic mass is 9.90. The van der Waals surface area contributed by atoms with Crippen molar-refractivity contribution in [2.24, 2.45) is 0 Å². The highest BCUT2D eigenvalue weighted by atomic mass is 19.1. The normalized spacial score (nSPS) is 24.2. The van der Waals surface area contributed by atoms with E-state index < -0.39 is 5.82 Å². The largest absolute Gasteiger partial charge is 0.489 e. The number of ketones is 1. The molecule has 0 N–H and O–H groups in total. The van der Waals surface area contributed by atoms with Crippen molar-refractivity contribution in [2.45, 2.75) is 57.2 Å². The van der Waals surface area contributed by atoms with Crippen LogP contribution in [0.2, 0.25) is 0 Å². The molecule has 0 aromatic heterocycles. The van der Waals surface area contributed by atoms with E-state index in [9.17, 15) is 9.18 Å². The molecule has 3 rings (SSSR count). The number of benzene rings is 1. The van der Waals surface area contributed by atoms with E-state index in [4.69, 9.17) is 9.47 Å². The number of rotatable bonds is 3. The third kappa shape index (κ3) is 3.10. The lowest BCUT2D eigenvalue weighted by Crippen LogP contribution is -2.41. The number of hydrogen-bond donors (Lipinski definition) is 0. The Morgan fingerprint density at radius 2 is 2.14 bits per heavy atom. The van der Waals surface area contributed by atoms with E-state index in [0.717, 1.165) is 25.7 Å². The smallest absolute Gasteiger partial charge is 0.163 e. The number of carbonyl (C=O) groups excluding carboxylic acids is 1. The summed E-state index contributed by atoms with van der Waals surface area (Å²) >= 11 is 0. The Balaban J connectivity index is 1.75. The Hall–Kier alpha value is -1.42. The third-order valence-corrected chi connectivity index (χ3v) is 4.58. The van der Waals surface area contributed by atoms with Crippen molar-refractivity contribution in [1.82, 2.24) is 0 Å². The summed E-state index contributed by atoms with van der Waals surface area (Å²) in [6.07, 6.45) is 6.33. The quantitative estimate of drug-likeness (QED) is 0.793. The van der Waals surface area contributed by atoms with Gasteiger partial charge in [-0.2, -0.15) is 0 Å². The SMILES string of the molecule is CC(=O)c1cc(F)ccc1OC1CCOC2(CCCC2)C1. The van der Waals surface area contributed by atoms with Crippen molar-refractivity contribution in [1.29, 1.82) is 0 Å². The van der Waals surface area contributed by atoms with Crippen molar-refractivity contribution in [3.63, 3.8) is 0 Å². The van der Waals surface area contributed by atoms with Gasteiger partial charge in [-0.05, 0) is 38.0 Å². The molecule has 1 saturated heterocycles. The molecule has 2 aliphatic rings. The van der Waals surface area contributed by atoms with Gasteiger partial charge in [-0.3, -0.25) is 4.79 Å². The minimum absolute atomic E-state index is 0.0284. The van der Waals surface area contributed by atoms with Crippen molar-refractivity contribution >= 4 is 5.78 Å². The minimum Gasteiger partial charge on any atom is -0.489 e. The molecule has 2 fully saturated rings. The molecule has 21 heavy (non-hydrogen) atoms. The van der Waals surface area contributed by atoms with Gasteiger partial charge in [0, 0.05) is 12.8 Å². The van der Waals surface area contributed by atoms with E-state index >= 15 is 0 Å². The Bertz CT molecular complexity index is 535. The summed E-state index contributed by atoms with van der Waals surface area (Å²) in [7, 11) is 0. The number of carbonyl (C=O) groups is 1. The molecule has 0 amide bonds. The molecule has 1 spiro atoms. The fourth-order valence-corrected chi connectivity index (χ4v) is 3.51. The van der Waals surface area contributed by atoms with Crippen LogP contribution in [-0.4, -0.2) is 24.1 Å². The maximum Gasteiger partial charge on any atom is 0.163 e. The first-order valence-electron chi connectivity index (χ1n) is 7.69. The average Bonchev–Trinajstić information content (AvgIpc) is 2.88. The standard InChI is InChI=1S/C17H21FO3/c1-12(19)15-10-13(18)4-5-16(15)21-14-6-9-20-17(11-14)7-2-3-8-17/h4-5,10,14H,2-3,6-9,11H2,1H3. The Labute approximate surface area is 124 Å². The van der Waals surface area contributed by atoms with E-state index in [1.165, 1.54) is 31.9 Å².